The summed E-state index contributed by atoms with van der Waals surface area (Å²) in [6, 6.07) is 8.53. The van der Waals surface area contributed by atoms with Crippen LogP contribution in [0.15, 0.2) is 28.7 Å². The van der Waals surface area contributed by atoms with E-state index < -0.39 is 0 Å². The number of hydrogen-bond acceptors (Lipinski definition) is 0. The Morgan fingerprint density at radius 1 is 1.07 bits per heavy atom. The van der Waals surface area contributed by atoms with Crippen molar-refractivity contribution in [3.8, 4) is 0 Å². The maximum atomic E-state index is 3.72. The number of hydrogen-bond donors (Lipinski definition) is 0. The summed E-state index contributed by atoms with van der Waals surface area (Å²) in [5.74, 6) is 0.783. The Labute approximate surface area is 103 Å². The fourth-order valence-electron chi connectivity index (χ4n) is 1.32. The molecule has 0 spiro atoms. The predicted octanol–water partition coefficient (Wildman–Crippen LogP) is 5.32. The summed E-state index contributed by atoms with van der Waals surface area (Å²) < 4.78 is 1.14. The summed E-state index contributed by atoms with van der Waals surface area (Å²) in [6.45, 7) is 4.53. The minimum atomic E-state index is 0.498. The van der Waals surface area contributed by atoms with Gasteiger partial charge in [0.25, 0.3) is 0 Å². The van der Waals surface area contributed by atoms with Gasteiger partial charge in [0.05, 0.1) is 0 Å². The van der Waals surface area contributed by atoms with Crippen LogP contribution in [0.2, 0.25) is 0 Å². The van der Waals surface area contributed by atoms with Crippen LogP contribution in [0, 0.1) is 5.92 Å². The topological polar surface area (TPSA) is 0 Å². The molecule has 0 nitrogen and oxygen atoms in total. The number of halogens is 2. The average molecular weight is 320 g/mol. The molecule has 1 aromatic rings. The smallest absolute Gasteiger partial charge is 0.0395 e. The molecular weight excluding hydrogens is 304 g/mol. The normalized spacial score (nSPS) is 13.2. The van der Waals surface area contributed by atoms with Gasteiger partial charge in [-0.25, -0.2) is 0 Å². The van der Waals surface area contributed by atoms with Gasteiger partial charge in [-0.1, -0.05) is 57.8 Å². The zero-order chi connectivity index (χ0) is 10.6. The van der Waals surface area contributed by atoms with E-state index in [4.69, 9.17) is 0 Å². The molecule has 1 unspecified atom stereocenters. The lowest BCUT2D eigenvalue weighted by Crippen LogP contribution is -1.93. The quantitative estimate of drug-likeness (QED) is 0.659. The van der Waals surface area contributed by atoms with E-state index in [9.17, 15) is 0 Å². The molecule has 2 heteroatoms. The molecule has 0 aliphatic heterocycles. The Morgan fingerprint density at radius 2 is 1.64 bits per heavy atom. The molecule has 14 heavy (non-hydrogen) atoms. The first kappa shape index (κ1) is 12.3. The van der Waals surface area contributed by atoms with Gasteiger partial charge in [-0.3, -0.25) is 0 Å². The lowest BCUT2D eigenvalue weighted by molar-refractivity contribution is 0.554. The van der Waals surface area contributed by atoms with E-state index in [-0.39, 0.29) is 0 Å². The fourth-order valence-corrected chi connectivity index (χ4v) is 2.15. The fraction of sp³-hybridized carbons (Fsp3) is 0.500. The van der Waals surface area contributed by atoms with E-state index in [1.807, 2.05) is 0 Å². The first-order chi connectivity index (χ1) is 6.59. The third kappa shape index (κ3) is 4.14. The van der Waals surface area contributed by atoms with Gasteiger partial charge in [-0.05, 0) is 36.5 Å². The summed E-state index contributed by atoms with van der Waals surface area (Å²) in [5, 5.41) is 0. The first-order valence-corrected chi connectivity index (χ1v) is 6.70. The van der Waals surface area contributed by atoms with Gasteiger partial charge < -0.3 is 0 Å². The van der Waals surface area contributed by atoms with Crippen LogP contribution in [0.3, 0.4) is 0 Å². The van der Waals surface area contributed by atoms with E-state index >= 15 is 0 Å². The number of benzene rings is 1. The van der Waals surface area contributed by atoms with Gasteiger partial charge in [0, 0.05) is 9.30 Å². The lowest BCUT2D eigenvalue weighted by atomic mass is 10.0. The van der Waals surface area contributed by atoms with E-state index in [0.29, 0.717) is 4.83 Å². The molecule has 0 bridgehead atoms. The highest BCUT2D eigenvalue weighted by atomic mass is 79.9. The summed E-state index contributed by atoms with van der Waals surface area (Å²) in [6.07, 6.45) is 2.48. The third-order valence-electron chi connectivity index (χ3n) is 2.23. The molecule has 0 aliphatic carbocycles. The van der Waals surface area contributed by atoms with Crippen molar-refractivity contribution in [3.05, 3.63) is 34.3 Å². The SMILES string of the molecule is CC(C)CCC(Br)c1ccc(Br)cc1. The van der Waals surface area contributed by atoms with Gasteiger partial charge in [0.2, 0.25) is 0 Å². The minimum Gasteiger partial charge on any atom is -0.0839 e. The Balaban J connectivity index is 2.52. The van der Waals surface area contributed by atoms with E-state index in [1.165, 1.54) is 18.4 Å². The molecular formula is C12H16Br2. The van der Waals surface area contributed by atoms with Crippen LogP contribution < -0.4 is 0 Å². The predicted molar refractivity (Wildman–Crippen MR) is 69.9 cm³/mol. The van der Waals surface area contributed by atoms with Crippen molar-refractivity contribution in [1.29, 1.82) is 0 Å². The second-order valence-electron chi connectivity index (χ2n) is 3.99. The summed E-state index contributed by atoms with van der Waals surface area (Å²) in [4.78, 5) is 0.498. The molecule has 78 valence electrons. The van der Waals surface area contributed by atoms with Crippen molar-refractivity contribution in [3.63, 3.8) is 0 Å². The van der Waals surface area contributed by atoms with Gasteiger partial charge in [0.15, 0.2) is 0 Å². The second-order valence-corrected chi connectivity index (χ2v) is 6.01. The van der Waals surface area contributed by atoms with Crippen LogP contribution in [0.1, 0.15) is 37.1 Å². The van der Waals surface area contributed by atoms with Crippen LogP contribution in [0.5, 0.6) is 0 Å². The largest absolute Gasteiger partial charge is 0.0839 e. The first-order valence-electron chi connectivity index (χ1n) is 4.99. The lowest BCUT2D eigenvalue weighted by Gasteiger charge is -2.11. The number of rotatable bonds is 4. The zero-order valence-corrected chi connectivity index (χ0v) is 11.8. The summed E-state index contributed by atoms with van der Waals surface area (Å²) in [5.41, 5.74) is 1.37. The minimum absolute atomic E-state index is 0.498. The van der Waals surface area contributed by atoms with Crippen LogP contribution >= 0.6 is 31.9 Å². The molecule has 1 aromatic carbocycles. The standard InChI is InChI=1S/C12H16Br2/c1-9(2)3-8-12(14)10-4-6-11(13)7-5-10/h4-7,9,12H,3,8H2,1-2H3. The van der Waals surface area contributed by atoms with Crippen molar-refractivity contribution < 1.29 is 0 Å². The zero-order valence-electron chi connectivity index (χ0n) is 8.63. The van der Waals surface area contributed by atoms with Gasteiger partial charge >= 0.3 is 0 Å². The molecule has 0 aromatic heterocycles. The van der Waals surface area contributed by atoms with Crippen molar-refractivity contribution >= 4 is 31.9 Å². The van der Waals surface area contributed by atoms with E-state index in [2.05, 4.69) is 70.0 Å². The maximum absolute atomic E-state index is 3.72. The third-order valence-corrected chi connectivity index (χ3v) is 3.74. The van der Waals surface area contributed by atoms with Gasteiger partial charge in [-0.2, -0.15) is 0 Å². The molecule has 0 N–H and O–H groups in total. The van der Waals surface area contributed by atoms with Crippen LogP contribution in [0.25, 0.3) is 0 Å². The molecule has 0 saturated carbocycles. The van der Waals surface area contributed by atoms with E-state index in [1.54, 1.807) is 0 Å². The highest BCUT2D eigenvalue weighted by Gasteiger charge is 2.07. The summed E-state index contributed by atoms with van der Waals surface area (Å²) >= 11 is 7.17. The molecule has 0 aliphatic rings. The Kier molecular flexibility index (Phi) is 5.18. The number of alkyl halides is 1. The molecule has 0 saturated heterocycles. The molecule has 0 amide bonds. The van der Waals surface area contributed by atoms with Crippen LogP contribution in [-0.2, 0) is 0 Å². The van der Waals surface area contributed by atoms with Gasteiger partial charge in [0.1, 0.15) is 0 Å². The van der Waals surface area contributed by atoms with Gasteiger partial charge in [-0.15, -0.1) is 0 Å². The Morgan fingerprint density at radius 3 is 2.14 bits per heavy atom. The van der Waals surface area contributed by atoms with E-state index in [0.717, 1.165) is 10.4 Å². The maximum Gasteiger partial charge on any atom is 0.0395 e. The van der Waals surface area contributed by atoms with Crippen molar-refractivity contribution in [2.24, 2.45) is 5.92 Å². The molecule has 0 fully saturated rings. The summed E-state index contributed by atoms with van der Waals surface area (Å²) in [7, 11) is 0. The average Bonchev–Trinajstić information content (AvgIpc) is 2.15. The second kappa shape index (κ2) is 5.92. The molecule has 0 heterocycles. The monoisotopic (exact) mass is 318 g/mol. The van der Waals surface area contributed by atoms with Crippen molar-refractivity contribution in [1.82, 2.24) is 0 Å². The van der Waals surface area contributed by atoms with Crippen LogP contribution in [0.4, 0.5) is 0 Å². The highest BCUT2D eigenvalue weighted by molar-refractivity contribution is 9.10. The van der Waals surface area contributed by atoms with Crippen LogP contribution in [-0.4, -0.2) is 0 Å². The van der Waals surface area contributed by atoms with Crippen molar-refractivity contribution in [2.75, 3.05) is 0 Å². The molecule has 0 radical (unpaired) electrons. The van der Waals surface area contributed by atoms with Crippen molar-refractivity contribution in [2.45, 2.75) is 31.5 Å². The Hall–Kier alpha value is 0.180. The molecule has 1 rings (SSSR count). The Bertz CT molecular complexity index is 264. The highest BCUT2D eigenvalue weighted by Crippen LogP contribution is 2.29. The molecule has 1 atom stereocenters.